The molecule has 0 atom stereocenters. The van der Waals surface area contributed by atoms with Crippen molar-refractivity contribution in [3.05, 3.63) is 51.5 Å². The summed E-state index contributed by atoms with van der Waals surface area (Å²) in [5, 5.41) is 7.38. The van der Waals surface area contributed by atoms with Crippen LogP contribution >= 0.6 is 27.5 Å². The largest absolute Gasteiger partial charge is 0.433 e. The van der Waals surface area contributed by atoms with Gasteiger partial charge < -0.3 is 10.1 Å². The number of carbonyl (C=O) groups excluding carboxylic acids is 1. The summed E-state index contributed by atoms with van der Waals surface area (Å²) in [7, 11) is -3.98. The maximum atomic E-state index is 12.3. The van der Waals surface area contributed by atoms with E-state index >= 15 is 0 Å². The van der Waals surface area contributed by atoms with Gasteiger partial charge in [-0.3, -0.25) is 4.79 Å². The van der Waals surface area contributed by atoms with Crippen LogP contribution in [0.2, 0.25) is 5.02 Å². The van der Waals surface area contributed by atoms with Gasteiger partial charge in [-0.05, 0) is 52.3 Å². The highest BCUT2D eigenvalue weighted by Gasteiger charge is 2.16. The maximum Gasteiger partial charge on any atom is 0.387 e. The van der Waals surface area contributed by atoms with Gasteiger partial charge in [0.15, 0.2) is 0 Å². The standard InChI is InChI=1S/C14H10BrClF2N2O4S/c15-10-3-2-8(25(19,22)23)6-9(10)13(21)20-7-1-4-12(11(16)5-7)24-14(17)18/h1-6,14H,(H,20,21)(H2,19,22,23). The number of primary sulfonamides is 1. The number of nitrogens with one attached hydrogen (secondary N) is 1. The summed E-state index contributed by atoms with van der Waals surface area (Å²) < 4.78 is 51.7. The lowest BCUT2D eigenvalue weighted by molar-refractivity contribution is -0.0497. The Kier molecular flexibility index (Phi) is 5.99. The monoisotopic (exact) mass is 454 g/mol. The van der Waals surface area contributed by atoms with Crippen LogP contribution in [0.25, 0.3) is 0 Å². The summed E-state index contributed by atoms with van der Waals surface area (Å²) in [6.45, 7) is -3.03. The molecule has 0 saturated carbocycles. The first kappa shape index (κ1) is 19.6. The predicted molar refractivity (Wildman–Crippen MR) is 91.6 cm³/mol. The second kappa shape index (κ2) is 7.65. The number of rotatable bonds is 5. The molecule has 25 heavy (non-hydrogen) atoms. The van der Waals surface area contributed by atoms with Crippen molar-refractivity contribution in [1.82, 2.24) is 0 Å². The van der Waals surface area contributed by atoms with E-state index in [9.17, 15) is 22.0 Å². The van der Waals surface area contributed by atoms with E-state index < -0.39 is 22.5 Å². The highest BCUT2D eigenvalue weighted by Crippen LogP contribution is 2.29. The van der Waals surface area contributed by atoms with Gasteiger partial charge in [0.1, 0.15) is 5.75 Å². The van der Waals surface area contributed by atoms with Crippen LogP contribution in [0.4, 0.5) is 14.5 Å². The fourth-order valence-corrected chi connectivity index (χ4v) is 3.02. The van der Waals surface area contributed by atoms with E-state index in [-0.39, 0.29) is 26.9 Å². The fraction of sp³-hybridized carbons (Fsp3) is 0.0714. The third kappa shape index (κ3) is 5.11. The van der Waals surface area contributed by atoms with Crippen LogP contribution in [0.5, 0.6) is 5.75 Å². The maximum absolute atomic E-state index is 12.3. The second-order valence-electron chi connectivity index (χ2n) is 4.66. The van der Waals surface area contributed by atoms with Crippen LogP contribution in [0.1, 0.15) is 10.4 Å². The SMILES string of the molecule is NS(=O)(=O)c1ccc(Br)c(C(=O)Nc2ccc(OC(F)F)c(Cl)c2)c1. The Morgan fingerprint density at radius 2 is 1.92 bits per heavy atom. The zero-order valence-electron chi connectivity index (χ0n) is 12.2. The van der Waals surface area contributed by atoms with E-state index in [1.54, 1.807) is 0 Å². The van der Waals surface area contributed by atoms with Crippen molar-refractivity contribution >= 4 is 49.1 Å². The lowest BCUT2D eigenvalue weighted by Crippen LogP contribution is -2.16. The van der Waals surface area contributed by atoms with Crippen molar-refractivity contribution in [3.63, 3.8) is 0 Å². The molecule has 0 aromatic heterocycles. The van der Waals surface area contributed by atoms with Gasteiger partial charge in [0.05, 0.1) is 15.5 Å². The van der Waals surface area contributed by atoms with Crippen LogP contribution in [0, 0.1) is 0 Å². The van der Waals surface area contributed by atoms with Crippen molar-refractivity contribution in [2.45, 2.75) is 11.5 Å². The van der Waals surface area contributed by atoms with Crippen LogP contribution < -0.4 is 15.2 Å². The van der Waals surface area contributed by atoms with Crippen LogP contribution in [0.15, 0.2) is 45.8 Å². The average Bonchev–Trinajstić information content (AvgIpc) is 2.48. The van der Waals surface area contributed by atoms with E-state index in [0.29, 0.717) is 4.47 Å². The Hall–Kier alpha value is -1.75. The second-order valence-corrected chi connectivity index (χ2v) is 7.49. The number of hydrogen-bond donors (Lipinski definition) is 2. The summed E-state index contributed by atoms with van der Waals surface area (Å²) in [5.74, 6) is -0.900. The molecule has 6 nitrogen and oxygen atoms in total. The molecule has 0 saturated heterocycles. The Labute approximate surface area is 155 Å². The number of halogens is 4. The predicted octanol–water partition coefficient (Wildman–Crippen LogP) is 3.60. The van der Waals surface area contributed by atoms with Crippen molar-refractivity contribution in [3.8, 4) is 5.75 Å². The molecule has 0 radical (unpaired) electrons. The highest BCUT2D eigenvalue weighted by molar-refractivity contribution is 9.10. The molecule has 0 heterocycles. The third-order valence-electron chi connectivity index (χ3n) is 2.92. The lowest BCUT2D eigenvalue weighted by Gasteiger charge is -2.11. The normalized spacial score (nSPS) is 11.4. The molecule has 0 fully saturated rings. The summed E-state index contributed by atoms with van der Waals surface area (Å²) in [6.07, 6.45) is 0. The average molecular weight is 456 g/mol. The van der Waals surface area contributed by atoms with E-state index in [4.69, 9.17) is 16.7 Å². The molecule has 0 spiro atoms. The summed E-state index contributed by atoms with van der Waals surface area (Å²) in [6, 6.07) is 7.39. The van der Waals surface area contributed by atoms with Crippen molar-refractivity contribution in [1.29, 1.82) is 0 Å². The van der Waals surface area contributed by atoms with Gasteiger partial charge >= 0.3 is 6.61 Å². The van der Waals surface area contributed by atoms with Gasteiger partial charge in [0.25, 0.3) is 5.91 Å². The molecule has 0 aliphatic carbocycles. The minimum Gasteiger partial charge on any atom is -0.433 e. The molecule has 1 amide bonds. The number of hydrogen-bond acceptors (Lipinski definition) is 4. The first-order chi connectivity index (χ1) is 11.6. The number of anilines is 1. The molecule has 11 heteroatoms. The molecule has 134 valence electrons. The Balaban J connectivity index is 2.27. The number of nitrogens with two attached hydrogens (primary N) is 1. The number of benzene rings is 2. The van der Waals surface area contributed by atoms with Gasteiger partial charge in [-0.25, -0.2) is 13.6 Å². The summed E-state index contributed by atoms with van der Waals surface area (Å²) >= 11 is 8.94. The summed E-state index contributed by atoms with van der Waals surface area (Å²) in [5.41, 5.74) is 0.208. The molecule has 0 aliphatic heterocycles. The number of amides is 1. The molecule has 2 rings (SSSR count). The van der Waals surface area contributed by atoms with E-state index in [2.05, 4.69) is 26.0 Å². The number of alkyl halides is 2. The molecular weight excluding hydrogens is 446 g/mol. The molecule has 2 aromatic rings. The van der Waals surface area contributed by atoms with Gasteiger partial charge in [-0.2, -0.15) is 8.78 Å². The van der Waals surface area contributed by atoms with E-state index in [1.807, 2.05) is 0 Å². The van der Waals surface area contributed by atoms with E-state index in [0.717, 1.165) is 6.07 Å². The smallest absolute Gasteiger partial charge is 0.387 e. The summed E-state index contributed by atoms with van der Waals surface area (Å²) in [4.78, 5) is 12.1. The third-order valence-corrected chi connectivity index (χ3v) is 4.81. The molecule has 0 aliphatic rings. The van der Waals surface area contributed by atoms with Crippen molar-refractivity contribution in [2.75, 3.05) is 5.32 Å². The first-order valence-corrected chi connectivity index (χ1v) is 9.17. The van der Waals surface area contributed by atoms with Gasteiger partial charge in [0.2, 0.25) is 10.0 Å². The van der Waals surface area contributed by atoms with Crippen molar-refractivity contribution < 1.29 is 26.7 Å². The Morgan fingerprint density at radius 3 is 2.48 bits per heavy atom. The van der Waals surface area contributed by atoms with Gasteiger partial charge in [-0.1, -0.05) is 11.6 Å². The minimum absolute atomic E-state index is 0.00977. The van der Waals surface area contributed by atoms with E-state index in [1.165, 1.54) is 30.3 Å². The molecule has 3 N–H and O–H groups in total. The fourth-order valence-electron chi connectivity index (χ4n) is 1.82. The molecule has 0 bridgehead atoms. The number of ether oxygens (including phenoxy) is 1. The zero-order chi connectivity index (χ0) is 18.8. The number of carbonyl (C=O) groups is 1. The van der Waals surface area contributed by atoms with Crippen molar-refractivity contribution in [2.24, 2.45) is 5.14 Å². The Bertz CT molecular complexity index is 925. The molecule has 0 unspecified atom stereocenters. The zero-order valence-corrected chi connectivity index (χ0v) is 15.3. The van der Waals surface area contributed by atoms with Gasteiger partial charge in [0, 0.05) is 10.2 Å². The highest BCUT2D eigenvalue weighted by atomic mass is 79.9. The quantitative estimate of drug-likeness (QED) is 0.719. The van der Waals surface area contributed by atoms with Crippen LogP contribution in [-0.2, 0) is 10.0 Å². The number of sulfonamides is 1. The first-order valence-electron chi connectivity index (χ1n) is 6.46. The Morgan fingerprint density at radius 1 is 1.24 bits per heavy atom. The topological polar surface area (TPSA) is 98.5 Å². The van der Waals surface area contributed by atoms with Crippen LogP contribution in [0.3, 0.4) is 0 Å². The molecule has 2 aromatic carbocycles. The molecular formula is C14H10BrClF2N2O4S. The van der Waals surface area contributed by atoms with Crippen LogP contribution in [-0.4, -0.2) is 20.9 Å². The minimum atomic E-state index is -3.98. The lowest BCUT2D eigenvalue weighted by atomic mass is 10.2. The van der Waals surface area contributed by atoms with Gasteiger partial charge in [-0.15, -0.1) is 0 Å².